The number of rotatable bonds is 12. The molecule has 2 aromatic carbocycles. The van der Waals surface area contributed by atoms with Gasteiger partial charge < -0.3 is 14.9 Å². The summed E-state index contributed by atoms with van der Waals surface area (Å²) >= 11 is 0. The summed E-state index contributed by atoms with van der Waals surface area (Å²) in [4.78, 5) is 15.8. The molecule has 1 aliphatic rings. The van der Waals surface area contributed by atoms with E-state index in [4.69, 9.17) is 5.11 Å². The van der Waals surface area contributed by atoms with E-state index < -0.39 is 29.4 Å². The highest BCUT2D eigenvalue weighted by Gasteiger charge is 2.37. The predicted octanol–water partition coefficient (Wildman–Crippen LogP) is 6.02. The maximum absolute atomic E-state index is 13.6. The van der Waals surface area contributed by atoms with E-state index in [0.29, 0.717) is 38.1 Å². The number of anilines is 2. The van der Waals surface area contributed by atoms with E-state index in [1.165, 1.54) is 22.3 Å². The third-order valence-corrected chi connectivity index (χ3v) is 7.25. The van der Waals surface area contributed by atoms with E-state index in [1.54, 1.807) is 0 Å². The van der Waals surface area contributed by atoms with Crippen LogP contribution < -0.4 is 9.80 Å². The van der Waals surface area contributed by atoms with E-state index in [2.05, 4.69) is 26.4 Å². The molecule has 0 unspecified atom stereocenters. The second-order valence-electron chi connectivity index (χ2n) is 10.4. The number of hydrogen-bond donors (Lipinski definition) is 1. The van der Waals surface area contributed by atoms with Gasteiger partial charge in [0.1, 0.15) is 0 Å². The number of aliphatic carboxylic acids is 1. The summed E-state index contributed by atoms with van der Waals surface area (Å²) in [5, 5.41) is 21.0. The van der Waals surface area contributed by atoms with Gasteiger partial charge in [-0.3, -0.25) is 4.79 Å². The van der Waals surface area contributed by atoms with Crippen LogP contribution in [0.1, 0.15) is 66.0 Å². The third-order valence-electron chi connectivity index (χ3n) is 7.25. The van der Waals surface area contributed by atoms with Crippen molar-refractivity contribution in [3.8, 4) is 0 Å². The second-order valence-corrected chi connectivity index (χ2v) is 10.4. The molecule has 14 heteroatoms. The van der Waals surface area contributed by atoms with Gasteiger partial charge in [0.05, 0.1) is 18.2 Å². The number of tetrazole rings is 1. The SMILES string of the molecule is CCN(CCCCC(=O)O)c1cc2c(cc1CN(Cc1cc(C(F)(F)F)cc(C(F)(F)F)c1)c1nnn(C)n1)CCC2. The Labute approximate surface area is 238 Å². The quantitative estimate of drug-likeness (QED) is 0.201. The van der Waals surface area contributed by atoms with Crippen LogP contribution >= 0.6 is 0 Å². The lowest BCUT2D eigenvalue weighted by Crippen LogP contribution is -2.29. The highest BCUT2D eigenvalue weighted by molar-refractivity contribution is 5.66. The topological polar surface area (TPSA) is 87.4 Å². The van der Waals surface area contributed by atoms with Gasteiger partial charge in [0.2, 0.25) is 0 Å². The molecule has 1 heterocycles. The Morgan fingerprint density at radius 2 is 1.57 bits per heavy atom. The molecule has 1 aromatic heterocycles. The summed E-state index contributed by atoms with van der Waals surface area (Å²) in [6, 6.07) is 5.66. The van der Waals surface area contributed by atoms with Crippen molar-refractivity contribution < 1.29 is 36.2 Å². The molecule has 0 fully saturated rings. The number of halogens is 6. The molecule has 0 saturated heterocycles. The molecule has 0 atom stereocenters. The number of carbonyl (C=O) groups is 1. The molecule has 0 bridgehead atoms. The van der Waals surface area contributed by atoms with Gasteiger partial charge in [-0.1, -0.05) is 11.2 Å². The number of alkyl halides is 6. The number of benzene rings is 2. The van der Waals surface area contributed by atoms with Crippen LogP contribution in [0.4, 0.5) is 38.0 Å². The Hall–Kier alpha value is -3.84. The number of aromatic nitrogens is 4. The first-order valence-corrected chi connectivity index (χ1v) is 13.6. The number of hydrogen-bond acceptors (Lipinski definition) is 6. The molecule has 42 heavy (non-hydrogen) atoms. The van der Waals surface area contributed by atoms with Gasteiger partial charge in [0, 0.05) is 38.3 Å². The number of aryl methyl sites for hydroxylation is 3. The Morgan fingerprint density at radius 3 is 2.12 bits per heavy atom. The minimum absolute atomic E-state index is 0.0532. The number of unbranched alkanes of at least 4 members (excludes halogenated alkanes) is 1. The molecule has 4 rings (SSSR count). The lowest BCUT2D eigenvalue weighted by atomic mass is 10.0. The molecule has 0 aliphatic heterocycles. The molecule has 0 saturated carbocycles. The summed E-state index contributed by atoms with van der Waals surface area (Å²) in [5.74, 6) is -0.814. The first kappa shape index (κ1) is 31.1. The van der Waals surface area contributed by atoms with Gasteiger partial charge in [0.15, 0.2) is 0 Å². The monoisotopic (exact) mass is 598 g/mol. The molecule has 0 spiro atoms. The Balaban J connectivity index is 1.73. The van der Waals surface area contributed by atoms with Crippen LogP contribution in [0.3, 0.4) is 0 Å². The Kier molecular flexibility index (Phi) is 9.31. The minimum Gasteiger partial charge on any atom is -0.481 e. The highest BCUT2D eigenvalue weighted by atomic mass is 19.4. The van der Waals surface area contributed by atoms with Crippen LogP contribution in [0.15, 0.2) is 30.3 Å². The fourth-order valence-corrected chi connectivity index (χ4v) is 5.25. The van der Waals surface area contributed by atoms with E-state index >= 15 is 0 Å². The number of fused-ring (bicyclic) bond motifs is 1. The number of carboxylic acids is 1. The standard InChI is InChI=1S/C28H32F6N6O2/c1-3-39(10-5-4-9-25(41)42)24-14-20-8-6-7-19(20)13-21(24)17-40(26-35-37-38(2)36-26)16-18-11-22(27(29,30)31)15-23(12-18)28(32,33)34/h11-15H,3-10,16-17H2,1-2H3,(H,41,42). The van der Waals surface area contributed by atoms with Crippen molar-refractivity contribution in [1.82, 2.24) is 20.2 Å². The fourth-order valence-electron chi connectivity index (χ4n) is 5.25. The van der Waals surface area contributed by atoms with Crippen molar-refractivity contribution >= 4 is 17.6 Å². The van der Waals surface area contributed by atoms with Gasteiger partial charge in [0.25, 0.3) is 5.95 Å². The first-order valence-electron chi connectivity index (χ1n) is 13.6. The maximum Gasteiger partial charge on any atom is 0.416 e. The highest BCUT2D eigenvalue weighted by Crippen LogP contribution is 2.37. The first-order chi connectivity index (χ1) is 19.7. The lowest BCUT2D eigenvalue weighted by Gasteiger charge is -2.29. The van der Waals surface area contributed by atoms with Crippen molar-refractivity contribution in [3.63, 3.8) is 0 Å². The molecule has 0 amide bonds. The van der Waals surface area contributed by atoms with Gasteiger partial charge in [-0.2, -0.15) is 31.1 Å². The molecule has 228 valence electrons. The van der Waals surface area contributed by atoms with Gasteiger partial charge in [-0.25, -0.2) is 0 Å². The lowest BCUT2D eigenvalue weighted by molar-refractivity contribution is -0.143. The summed E-state index contributed by atoms with van der Waals surface area (Å²) in [6.07, 6.45) is -6.02. The van der Waals surface area contributed by atoms with Crippen molar-refractivity contribution in [2.75, 3.05) is 22.9 Å². The summed E-state index contributed by atoms with van der Waals surface area (Å²) in [7, 11) is 1.51. The fraction of sp³-hybridized carbons (Fsp3) is 0.500. The normalized spacial score (nSPS) is 13.3. The van der Waals surface area contributed by atoms with E-state index in [0.717, 1.165) is 36.1 Å². The molecule has 1 N–H and O–H groups in total. The summed E-state index contributed by atoms with van der Waals surface area (Å²) < 4.78 is 81.4. The van der Waals surface area contributed by atoms with Crippen LogP contribution in [-0.4, -0.2) is 44.4 Å². The van der Waals surface area contributed by atoms with Crippen molar-refractivity contribution in [2.45, 2.75) is 70.9 Å². The van der Waals surface area contributed by atoms with Crippen molar-refractivity contribution in [1.29, 1.82) is 0 Å². The smallest absolute Gasteiger partial charge is 0.416 e. The van der Waals surface area contributed by atoms with Crippen LogP contribution in [-0.2, 0) is 50.1 Å². The molecular formula is C28H32F6N6O2. The maximum atomic E-state index is 13.6. The van der Waals surface area contributed by atoms with Gasteiger partial charge in [-0.05, 0) is 90.8 Å². The summed E-state index contributed by atoms with van der Waals surface area (Å²) in [5.41, 5.74) is 1.03. The average Bonchev–Trinajstić information content (AvgIpc) is 3.55. The van der Waals surface area contributed by atoms with Crippen LogP contribution in [0.25, 0.3) is 0 Å². The van der Waals surface area contributed by atoms with Gasteiger partial charge >= 0.3 is 18.3 Å². The minimum atomic E-state index is -4.97. The van der Waals surface area contributed by atoms with Crippen molar-refractivity contribution in [3.05, 3.63) is 63.7 Å². The largest absolute Gasteiger partial charge is 0.481 e. The van der Waals surface area contributed by atoms with E-state index in [1.807, 2.05) is 13.0 Å². The molecule has 8 nitrogen and oxygen atoms in total. The molecular weight excluding hydrogens is 566 g/mol. The second kappa shape index (κ2) is 12.6. The predicted molar refractivity (Wildman–Crippen MR) is 143 cm³/mol. The zero-order valence-corrected chi connectivity index (χ0v) is 23.3. The molecule has 3 aromatic rings. The third kappa shape index (κ3) is 7.71. The van der Waals surface area contributed by atoms with E-state index in [-0.39, 0.29) is 37.1 Å². The summed E-state index contributed by atoms with van der Waals surface area (Å²) in [6.45, 7) is 2.93. The molecule has 0 radical (unpaired) electrons. The van der Waals surface area contributed by atoms with Gasteiger partial charge in [-0.15, -0.1) is 5.10 Å². The van der Waals surface area contributed by atoms with Crippen LogP contribution in [0.5, 0.6) is 0 Å². The molecule has 1 aliphatic carbocycles. The van der Waals surface area contributed by atoms with E-state index in [9.17, 15) is 31.1 Å². The Bertz CT molecular complexity index is 1370. The number of carboxylic acid groups (broad SMARTS) is 1. The number of nitrogens with zero attached hydrogens (tertiary/aromatic N) is 6. The zero-order valence-electron chi connectivity index (χ0n) is 23.3. The Morgan fingerprint density at radius 1 is 0.929 bits per heavy atom. The zero-order chi connectivity index (χ0) is 30.7. The van der Waals surface area contributed by atoms with Crippen molar-refractivity contribution in [2.24, 2.45) is 7.05 Å². The average molecular weight is 599 g/mol. The van der Waals surface area contributed by atoms with Crippen LogP contribution in [0, 0.1) is 0 Å². The van der Waals surface area contributed by atoms with Crippen LogP contribution in [0.2, 0.25) is 0 Å².